The van der Waals surface area contributed by atoms with Crippen molar-refractivity contribution in [2.45, 2.75) is 25.2 Å². The second-order valence-electron chi connectivity index (χ2n) is 5.39. The van der Waals surface area contributed by atoms with E-state index in [2.05, 4.69) is 5.32 Å². The predicted octanol–water partition coefficient (Wildman–Crippen LogP) is 5.21. The highest BCUT2D eigenvalue weighted by molar-refractivity contribution is 7.81. The summed E-state index contributed by atoms with van der Waals surface area (Å²) in [6.07, 6.45) is -8.74. The monoisotopic (exact) mass is 380 g/mol. The Morgan fingerprint density at radius 1 is 1.08 bits per heavy atom. The minimum Gasteiger partial charge on any atom is -0.511 e. The normalized spacial score (nSPS) is 16.0. The van der Waals surface area contributed by atoms with Gasteiger partial charge in [0.1, 0.15) is 22.4 Å². The van der Waals surface area contributed by atoms with E-state index in [1.54, 1.807) is 6.07 Å². The molecule has 2 N–H and O–H groups in total. The summed E-state index contributed by atoms with van der Waals surface area (Å²) in [6.45, 7) is 0. The van der Waals surface area contributed by atoms with Crippen LogP contribution in [0.25, 0.3) is 0 Å². The molecule has 10 heteroatoms. The van der Waals surface area contributed by atoms with Crippen LogP contribution in [-0.4, -0.2) is 10.1 Å². The third kappa shape index (κ3) is 4.63. The Bertz CT molecular complexity index is 739. The first-order chi connectivity index (χ1) is 11.4. The van der Waals surface area contributed by atoms with Crippen LogP contribution in [0, 0.1) is 17.2 Å². The minimum atomic E-state index is -5.00. The number of aliphatic hydroxyl groups is 1. The lowest BCUT2D eigenvalue weighted by Gasteiger charge is -2.15. The van der Waals surface area contributed by atoms with E-state index in [1.807, 2.05) is 0 Å². The van der Waals surface area contributed by atoms with E-state index in [4.69, 9.17) is 17.5 Å². The second kappa shape index (κ2) is 6.55. The number of thiocarbonyl (C=S) groups is 1. The smallest absolute Gasteiger partial charge is 0.416 e. The Kier molecular flexibility index (Phi) is 4.99. The van der Waals surface area contributed by atoms with Crippen molar-refractivity contribution in [1.82, 2.24) is 0 Å². The molecular weight excluding hydrogens is 370 g/mol. The predicted molar refractivity (Wildman–Crippen MR) is 80.7 cm³/mol. The number of nitriles is 1. The molecule has 1 aliphatic carbocycles. The summed E-state index contributed by atoms with van der Waals surface area (Å²) in [5.41, 5.74) is -3.98. The van der Waals surface area contributed by atoms with E-state index >= 15 is 0 Å². The first kappa shape index (κ1) is 19.1. The van der Waals surface area contributed by atoms with Crippen LogP contribution in [0.1, 0.15) is 24.0 Å². The van der Waals surface area contributed by atoms with Gasteiger partial charge in [0.15, 0.2) is 0 Å². The van der Waals surface area contributed by atoms with Gasteiger partial charge >= 0.3 is 12.4 Å². The maximum absolute atomic E-state index is 12.8. The van der Waals surface area contributed by atoms with Gasteiger partial charge in [-0.15, -0.1) is 0 Å². The molecule has 1 aliphatic rings. The highest BCUT2D eigenvalue weighted by atomic mass is 32.1. The van der Waals surface area contributed by atoms with Crippen LogP contribution >= 0.6 is 12.2 Å². The molecule has 0 aromatic heterocycles. The van der Waals surface area contributed by atoms with Gasteiger partial charge in [-0.2, -0.15) is 31.6 Å². The van der Waals surface area contributed by atoms with Crippen LogP contribution in [-0.2, 0) is 12.4 Å². The number of benzene rings is 1. The molecule has 1 aromatic carbocycles. The number of allylic oxidation sites excluding steroid dienone is 1. The number of hydrogen-bond acceptors (Lipinski definition) is 3. The van der Waals surface area contributed by atoms with Gasteiger partial charge in [-0.1, -0.05) is 12.2 Å². The van der Waals surface area contributed by atoms with Gasteiger partial charge < -0.3 is 10.4 Å². The van der Waals surface area contributed by atoms with E-state index in [9.17, 15) is 31.4 Å². The molecule has 3 nitrogen and oxygen atoms in total. The highest BCUT2D eigenvalue weighted by Crippen LogP contribution is 2.38. The van der Waals surface area contributed by atoms with E-state index in [1.165, 1.54) is 0 Å². The van der Waals surface area contributed by atoms with E-state index in [0.717, 1.165) is 0 Å². The zero-order chi connectivity index (χ0) is 19.0. The number of hydrogen-bond donors (Lipinski definition) is 2. The molecule has 0 heterocycles. The molecule has 0 aliphatic heterocycles. The molecule has 2 rings (SSSR count). The van der Waals surface area contributed by atoms with Gasteiger partial charge in [0, 0.05) is 11.6 Å². The Morgan fingerprint density at radius 3 is 1.92 bits per heavy atom. The molecule has 1 saturated carbocycles. The lowest BCUT2D eigenvalue weighted by molar-refractivity contribution is -0.143. The molecular formula is C15H10F6N2OS. The fourth-order valence-corrected chi connectivity index (χ4v) is 2.27. The zero-order valence-electron chi connectivity index (χ0n) is 12.3. The number of nitrogens with zero attached hydrogens (tertiary/aromatic N) is 1. The number of nitrogens with one attached hydrogen (secondary N) is 1. The molecule has 134 valence electrons. The second-order valence-corrected chi connectivity index (χ2v) is 5.80. The Morgan fingerprint density at radius 2 is 1.56 bits per heavy atom. The van der Waals surface area contributed by atoms with Gasteiger partial charge in [-0.05, 0) is 31.0 Å². The average Bonchev–Trinajstić information content (AvgIpc) is 3.30. The van der Waals surface area contributed by atoms with Gasteiger partial charge in [-0.3, -0.25) is 0 Å². The largest absolute Gasteiger partial charge is 0.511 e. The number of halogens is 6. The third-order valence-electron chi connectivity index (χ3n) is 3.40. The first-order valence-corrected chi connectivity index (χ1v) is 7.28. The van der Waals surface area contributed by atoms with Crippen LogP contribution in [0.4, 0.5) is 32.0 Å². The van der Waals surface area contributed by atoms with Crippen LogP contribution < -0.4 is 5.32 Å². The number of aliphatic hydroxyl groups excluding tert-OH is 1. The summed E-state index contributed by atoms with van der Waals surface area (Å²) in [6, 6.07) is 2.50. The topological polar surface area (TPSA) is 56.0 Å². The Hall–Kier alpha value is -2.28. The van der Waals surface area contributed by atoms with Crippen LogP contribution in [0.5, 0.6) is 0 Å². The molecule has 1 fully saturated rings. The number of anilines is 1. The molecule has 0 unspecified atom stereocenters. The van der Waals surface area contributed by atoms with Crippen molar-refractivity contribution < 1.29 is 31.4 Å². The third-order valence-corrected chi connectivity index (χ3v) is 3.71. The van der Waals surface area contributed by atoms with E-state index in [-0.39, 0.29) is 23.3 Å². The van der Waals surface area contributed by atoms with Crippen molar-refractivity contribution in [2.24, 2.45) is 5.92 Å². The number of alkyl halides is 6. The van der Waals surface area contributed by atoms with Crippen molar-refractivity contribution >= 4 is 22.9 Å². The van der Waals surface area contributed by atoms with Crippen molar-refractivity contribution in [2.75, 3.05) is 5.32 Å². The van der Waals surface area contributed by atoms with Gasteiger partial charge in [-0.25, -0.2) is 0 Å². The average molecular weight is 380 g/mol. The molecule has 0 saturated heterocycles. The summed E-state index contributed by atoms with van der Waals surface area (Å²) in [5, 5.41) is 21.0. The standard InChI is InChI=1S/C15H10F6N2OS/c16-14(17,18)8-3-9(15(19,20)21)5-10(4-8)23-13(25)11(6-22)12(24)7-1-2-7/h3-5,7,24H,1-2H2,(H,23,25). The SMILES string of the molecule is N#CC(C(=S)Nc1cc(C(F)(F)F)cc(C(F)(F)F)c1)=C(O)C1CC1. The van der Waals surface area contributed by atoms with Crippen LogP contribution in [0.2, 0.25) is 0 Å². The minimum absolute atomic E-state index is 0.0169. The fourth-order valence-electron chi connectivity index (χ4n) is 2.01. The van der Waals surface area contributed by atoms with Crippen LogP contribution in [0.15, 0.2) is 29.5 Å². The fraction of sp³-hybridized carbons (Fsp3) is 0.333. The summed E-state index contributed by atoms with van der Waals surface area (Å²) >= 11 is 4.84. The maximum Gasteiger partial charge on any atom is 0.416 e. The quantitative estimate of drug-likeness (QED) is 0.249. The summed E-state index contributed by atoms with van der Waals surface area (Å²) in [7, 11) is 0. The van der Waals surface area contributed by atoms with Crippen molar-refractivity contribution in [3.8, 4) is 6.07 Å². The Balaban J connectivity index is 2.40. The van der Waals surface area contributed by atoms with Crippen molar-refractivity contribution in [3.05, 3.63) is 40.7 Å². The Labute approximate surface area is 143 Å². The van der Waals surface area contributed by atoms with Gasteiger partial charge in [0.05, 0.1) is 11.1 Å². The first-order valence-electron chi connectivity index (χ1n) is 6.87. The van der Waals surface area contributed by atoms with Crippen LogP contribution in [0.3, 0.4) is 0 Å². The van der Waals surface area contributed by atoms with Crippen molar-refractivity contribution in [3.63, 3.8) is 0 Å². The van der Waals surface area contributed by atoms with E-state index in [0.29, 0.717) is 25.0 Å². The lowest BCUT2D eigenvalue weighted by Crippen LogP contribution is -2.16. The summed E-state index contributed by atoms with van der Waals surface area (Å²) in [5.74, 6) is -0.579. The molecule has 25 heavy (non-hydrogen) atoms. The highest BCUT2D eigenvalue weighted by Gasteiger charge is 2.37. The van der Waals surface area contributed by atoms with E-state index < -0.39 is 34.2 Å². The molecule has 0 spiro atoms. The zero-order valence-corrected chi connectivity index (χ0v) is 13.1. The van der Waals surface area contributed by atoms with Crippen molar-refractivity contribution in [1.29, 1.82) is 5.26 Å². The molecule has 0 radical (unpaired) electrons. The lowest BCUT2D eigenvalue weighted by atomic mass is 10.1. The molecule has 0 atom stereocenters. The molecule has 1 aromatic rings. The molecule has 0 bridgehead atoms. The summed E-state index contributed by atoms with van der Waals surface area (Å²) < 4.78 is 76.9. The maximum atomic E-state index is 12.8. The van der Waals surface area contributed by atoms with Gasteiger partial charge in [0.2, 0.25) is 0 Å². The molecule has 0 amide bonds. The number of rotatable bonds is 3. The van der Waals surface area contributed by atoms with Gasteiger partial charge in [0.25, 0.3) is 0 Å². The summed E-state index contributed by atoms with van der Waals surface area (Å²) in [4.78, 5) is -0.445.